The summed E-state index contributed by atoms with van der Waals surface area (Å²) in [7, 11) is 1.55. The second-order valence-corrected chi connectivity index (χ2v) is 6.72. The number of fused-ring (bicyclic) bond motifs is 2. The lowest BCUT2D eigenvalue weighted by atomic mass is 10.1. The number of nitrogens with one attached hydrogen (secondary N) is 1. The number of alkyl halides is 6. The van der Waals surface area contributed by atoms with Crippen LogP contribution in [0.25, 0.3) is 0 Å². The number of aliphatic carboxylic acids is 2. The first-order valence-electron chi connectivity index (χ1n) is 9.40. The van der Waals surface area contributed by atoms with Gasteiger partial charge < -0.3 is 29.9 Å². The lowest BCUT2D eigenvalue weighted by molar-refractivity contribution is -0.193. The van der Waals surface area contributed by atoms with Crippen LogP contribution in [0.3, 0.4) is 0 Å². The van der Waals surface area contributed by atoms with Crippen molar-refractivity contribution in [2.75, 3.05) is 33.4 Å². The number of carboxylic acid groups (broad SMARTS) is 2. The third-order valence-electron chi connectivity index (χ3n) is 4.31. The van der Waals surface area contributed by atoms with E-state index in [1.54, 1.807) is 25.3 Å². The third-order valence-corrected chi connectivity index (χ3v) is 4.31. The average molecular weight is 505 g/mol. The van der Waals surface area contributed by atoms with Crippen LogP contribution in [-0.4, -0.2) is 95.8 Å². The maximum Gasteiger partial charge on any atom is 0.490 e. The summed E-state index contributed by atoms with van der Waals surface area (Å²) in [5.41, 5.74) is 0.433. The molecule has 2 atom stereocenters. The third kappa shape index (κ3) is 9.01. The van der Waals surface area contributed by atoms with E-state index in [1.165, 1.54) is 0 Å². The van der Waals surface area contributed by atoms with E-state index < -0.39 is 24.3 Å². The fourth-order valence-electron chi connectivity index (χ4n) is 2.83. The normalized spacial score (nSPS) is 19.9. The van der Waals surface area contributed by atoms with Gasteiger partial charge in [0.1, 0.15) is 5.69 Å². The van der Waals surface area contributed by atoms with Crippen molar-refractivity contribution in [3.8, 4) is 5.88 Å². The van der Waals surface area contributed by atoms with Gasteiger partial charge in [-0.15, -0.1) is 0 Å². The van der Waals surface area contributed by atoms with Gasteiger partial charge in [-0.3, -0.25) is 4.79 Å². The molecule has 2 aliphatic rings. The summed E-state index contributed by atoms with van der Waals surface area (Å²) in [6.45, 7) is 2.87. The second kappa shape index (κ2) is 12.4. The summed E-state index contributed by atoms with van der Waals surface area (Å²) in [6, 6.07) is 5.48. The van der Waals surface area contributed by atoms with E-state index in [9.17, 15) is 31.1 Å². The van der Waals surface area contributed by atoms with Crippen LogP contribution in [0.15, 0.2) is 18.2 Å². The van der Waals surface area contributed by atoms with Gasteiger partial charge in [0.15, 0.2) is 0 Å². The van der Waals surface area contributed by atoms with Crippen molar-refractivity contribution in [3.05, 3.63) is 23.9 Å². The first-order chi connectivity index (χ1) is 15.7. The Morgan fingerprint density at radius 2 is 1.59 bits per heavy atom. The smallest absolute Gasteiger partial charge is 0.481 e. The lowest BCUT2D eigenvalue weighted by Crippen LogP contribution is -2.55. The number of morpholine rings is 1. The molecule has 34 heavy (non-hydrogen) atoms. The Morgan fingerprint density at radius 3 is 2.09 bits per heavy atom. The number of aromatic nitrogens is 1. The molecule has 2 saturated heterocycles. The number of ether oxygens (including phenoxy) is 2. The molecule has 192 valence electrons. The van der Waals surface area contributed by atoms with Gasteiger partial charge in [0.05, 0.1) is 32.4 Å². The van der Waals surface area contributed by atoms with Gasteiger partial charge in [0.2, 0.25) is 5.88 Å². The van der Waals surface area contributed by atoms with Crippen molar-refractivity contribution in [1.29, 1.82) is 0 Å². The topological polar surface area (TPSA) is 138 Å². The van der Waals surface area contributed by atoms with Crippen molar-refractivity contribution in [2.45, 2.75) is 30.9 Å². The highest BCUT2D eigenvalue weighted by Gasteiger charge is 2.39. The Balaban J connectivity index is 0.000000343. The van der Waals surface area contributed by atoms with Crippen molar-refractivity contribution in [2.24, 2.45) is 0 Å². The number of carboxylic acids is 2. The molecule has 10 nitrogen and oxygen atoms in total. The molecule has 16 heteroatoms. The van der Waals surface area contributed by atoms with E-state index in [0.717, 1.165) is 19.5 Å². The van der Waals surface area contributed by atoms with Gasteiger partial charge >= 0.3 is 24.3 Å². The molecule has 3 N–H and O–H groups in total. The summed E-state index contributed by atoms with van der Waals surface area (Å²) in [5.74, 6) is -5.09. The standard InChI is InChI=1S/C14H19N3O3.2C2HF3O2/c1-19-13-4-2-3-12(16-13)14(18)17-10-5-6-15-7-11(17)9-20-8-10;2*3-2(4,5)1(6)7/h2-4,10-11,15H,5-9H2,1H3;2*(H,6,7). The zero-order valence-corrected chi connectivity index (χ0v) is 17.5. The highest BCUT2D eigenvalue weighted by molar-refractivity contribution is 5.93. The highest BCUT2D eigenvalue weighted by Crippen LogP contribution is 2.21. The van der Waals surface area contributed by atoms with E-state index >= 15 is 0 Å². The van der Waals surface area contributed by atoms with Crippen LogP contribution in [-0.2, 0) is 14.3 Å². The number of rotatable bonds is 2. The molecule has 1 aromatic rings. The van der Waals surface area contributed by atoms with E-state index in [2.05, 4.69) is 10.3 Å². The van der Waals surface area contributed by atoms with Crippen LogP contribution >= 0.6 is 0 Å². The minimum Gasteiger partial charge on any atom is -0.481 e. The summed E-state index contributed by atoms with van der Waals surface area (Å²) in [4.78, 5) is 36.7. The molecule has 2 fully saturated rings. The maximum atomic E-state index is 12.8. The van der Waals surface area contributed by atoms with Crippen LogP contribution in [0.4, 0.5) is 26.3 Å². The van der Waals surface area contributed by atoms with Crippen LogP contribution in [0, 0.1) is 0 Å². The number of nitrogens with zero attached hydrogens (tertiary/aromatic N) is 2. The molecule has 0 spiro atoms. The Hall–Kier alpha value is -3.14. The highest BCUT2D eigenvalue weighted by atomic mass is 19.4. The maximum absolute atomic E-state index is 12.8. The predicted octanol–water partition coefficient (Wildman–Crippen LogP) is 1.56. The number of hydrogen-bond acceptors (Lipinski definition) is 7. The Labute approximate surface area is 188 Å². The van der Waals surface area contributed by atoms with Crippen molar-refractivity contribution >= 4 is 17.8 Å². The minimum absolute atomic E-state index is 0.0362. The summed E-state index contributed by atoms with van der Waals surface area (Å²) in [5, 5.41) is 17.6. The van der Waals surface area contributed by atoms with Gasteiger partial charge in [-0.2, -0.15) is 26.3 Å². The van der Waals surface area contributed by atoms with E-state index in [0.29, 0.717) is 24.8 Å². The van der Waals surface area contributed by atoms with E-state index in [4.69, 9.17) is 29.3 Å². The zero-order valence-electron chi connectivity index (χ0n) is 17.5. The molecular weight excluding hydrogens is 484 g/mol. The van der Waals surface area contributed by atoms with Crippen LogP contribution in [0.5, 0.6) is 5.88 Å². The fraction of sp³-hybridized carbons (Fsp3) is 0.556. The summed E-state index contributed by atoms with van der Waals surface area (Å²) in [6.07, 6.45) is -9.26. The zero-order chi connectivity index (χ0) is 26.1. The molecule has 2 bridgehead atoms. The number of hydrogen-bond donors (Lipinski definition) is 3. The number of carbonyl (C=O) groups excluding carboxylic acids is 1. The molecule has 1 amide bonds. The molecule has 0 saturated carbocycles. The molecule has 3 rings (SSSR count). The average Bonchev–Trinajstić information content (AvgIpc) is 2.87. The van der Waals surface area contributed by atoms with Crippen LogP contribution < -0.4 is 10.1 Å². The molecular formula is C18H21F6N3O7. The van der Waals surface area contributed by atoms with Gasteiger partial charge in [-0.25, -0.2) is 14.6 Å². The van der Waals surface area contributed by atoms with E-state index in [-0.39, 0.29) is 18.0 Å². The molecule has 0 aromatic carbocycles. The first kappa shape index (κ1) is 28.9. The largest absolute Gasteiger partial charge is 0.490 e. The monoisotopic (exact) mass is 505 g/mol. The molecule has 3 heterocycles. The number of halogens is 6. The number of carbonyl (C=O) groups is 3. The Morgan fingerprint density at radius 1 is 1.06 bits per heavy atom. The van der Waals surface area contributed by atoms with Crippen LogP contribution in [0.1, 0.15) is 16.9 Å². The summed E-state index contributed by atoms with van der Waals surface area (Å²) < 4.78 is 74.2. The molecule has 0 radical (unpaired) electrons. The molecule has 2 aliphatic heterocycles. The SMILES string of the molecule is COc1cccc(C(=O)N2C3CCNCC2COC3)n1.O=C(O)C(F)(F)F.O=C(O)C(F)(F)F. The van der Waals surface area contributed by atoms with Gasteiger partial charge in [-0.1, -0.05) is 6.07 Å². The fourth-order valence-corrected chi connectivity index (χ4v) is 2.83. The Bertz CT molecular complexity index is 812. The summed E-state index contributed by atoms with van der Waals surface area (Å²) >= 11 is 0. The first-order valence-corrected chi connectivity index (χ1v) is 9.40. The van der Waals surface area contributed by atoms with Crippen LogP contribution in [0.2, 0.25) is 0 Å². The van der Waals surface area contributed by atoms with Crippen molar-refractivity contribution in [1.82, 2.24) is 15.2 Å². The minimum atomic E-state index is -5.08. The second-order valence-electron chi connectivity index (χ2n) is 6.72. The molecule has 1 aromatic heterocycles. The lowest BCUT2D eigenvalue weighted by Gasteiger charge is -2.39. The van der Waals surface area contributed by atoms with Gasteiger partial charge in [0.25, 0.3) is 5.91 Å². The predicted molar refractivity (Wildman–Crippen MR) is 100 cm³/mol. The van der Waals surface area contributed by atoms with Crippen molar-refractivity contribution in [3.63, 3.8) is 0 Å². The van der Waals surface area contributed by atoms with Gasteiger partial charge in [0, 0.05) is 12.6 Å². The molecule has 0 aliphatic carbocycles. The number of amides is 1. The Kier molecular flexibility index (Phi) is 10.5. The number of methoxy groups -OCH3 is 1. The molecule has 2 unspecified atom stereocenters. The number of pyridine rings is 1. The van der Waals surface area contributed by atoms with Gasteiger partial charge in [-0.05, 0) is 19.0 Å². The van der Waals surface area contributed by atoms with Crippen molar-refractivity contribution < 1.29 is 60.4 Å². The van der Waals surface area contributed by atoms with E-state index in [1.807, 2.05) is 4.90 Å². The quantitative estimate of drug-likeness (QED) is 0.511.